The van der Waals surface area contributed by atoms with Crippen molar-refractivity contribution in [2.45, 2.75) is 44.0 Å². The van der Waals surface area contributed by atoms with Crippen molar-refractivity contribution in [3.8, 4) is 0 Å². The number of nitrogens with one attached hydrogen (secondary N) is 1. The maximum absolute atomic E-state index is 13.1. The van der Waals surface area contributed by atoms with Gasteiger partial charge in [0.1, 0.15) is 5.82 Å². The first-order chi connectivity index (χ1) is 8.74. The van der Waals surface area contributed by atoms with E-state index in [1.165, 1.54) is 19.1 Å². The van der Waals surface area contributed by atoms with Gasteiger partial charge in [-0.2, -0.15) is 0 Å². The van der Waals surface area contributed by atoms with Crippen molar-refractivity contribution >= 4 is 22.4 Å². The van der Waals surface area contributed by atoms with E-state index >= 15 is 0 Å². The Morgan fingerprint density at radius 1 is 1.30 bits per heavy atom. The molecule has 1 aromatic rings. The molecule has 0 radical (unpaired) electrons. The molecular weight excluding hydrogens is 303 g/mol. The molecule has 0 fully saturated rings. The average molecular weight is 325 g/mol. The zero-order valence-corrected chi connectivity index (χ0v) is 13.6. The molecule has 0 bridgehead atoms. The van der Waals surface area contributed by atoms with E-state index in [-0.39, 0.29) is 23.8 Å². The second-order valence-electron chi connectivity index (χ2n) is 4.81. The quantitative estimate of drug-likeness (QED) is 0.843. The van der Waals surface area contributed by atoms with Gasteiger partial charge in [-0.1, -0.05) is 13.8 Å². The first-order valence-corrected chi connectivity index (χ1v) is 7.77. The second-order valence-corrected chi connectivity index (χ2v) is 6.57. The minimum absolute atomic E-state index is 0. The van der Waals surface area contributed by atoms with Gasteiger partial charge in [0.15, 0.2) is 0 Å². The third-order valence-corrected chi connectivity index (χ3v) is 4.86. The van der Waals surface area contributed by atoms with Gasteiger partial charge in [0.25, 0.3) is 0 Å². The summed E-state index contributed by atoms with van der Waals surface area (Å²) in [6, 6.07) is 3.72. The van der Waals surface area contributed by atoms with Crippen molar-refractivity contribution in [2.24, 2.45) is 5.73 Å². The van der Waals surface area contributed by atoms with Gasteiger partial charge in [0, 0.05) is 12.1 Å². The largest absolute Gasteiger partial charge is 0.324 e. The number of rotatable bonds is 6. The van der Waals surface area contributed by atoms with Crippen LogP contribution < -0.4 is 10.5 Å². The van der Waals surface area contributed by atoms with E-state index < -0.39 is 21.4 Å². The predicted molar refractivity (Wildman–Crippen MR) is 81.1 cm³/mol. The summed E-state index contributed by atoms with van der Waals surface area (Å²) in [6.07, 6.45) is 1.35. The highest BCUT2D eigenvalue weighted by molar-refractivity contribution is 7.89. The number of sulfonamides is 1. The fraction of sp³-hybridized carbons (Fsp3) is 0.538. The Kier molecular flexibility index (Phi) is 7.10. The highest BCUT2D eigenvalue weighted by Crippen LogP contribution is 2.16. The monoisotopic (exact) mass is 324 g/mol. The highest BCUT2D eigenvalue weighted by atomic mass is 35.5. The molecule has 20 heavy (non-hydrogen) atoms. The Hall–Kier alpha value is -0.690. The zero-order chi connectivity index (χ0) is 14.7. The second kappa shape index (κ2) is 7.36. The number of aryl methyl sites for hydroxylation is 1. The maximum Gasteiger partial charge on any atom is 0.240 e. The summed E-state index contributed by atoms with van der Waals surface area (Å²) in [4.78, 5) is 0.0564. The zero-order valence-electron chi connectivity index (χ0n) is 11.9. The van der Waals surface area contributed by atoms with Gasteiger partial charge in [-0.15, -0.1) is 12.4 Å². The molecule has 0 aliphatic rings. The first-order valence-electron chi connectivity index (χ1n) is 6.29. The van der Waals surface area contributed by atoms with E-state index in [1.54, 1.807) is 0 Å². The van der Waals surface area contributed by atoms with E-state index in [2.05, 4.69) is 4.72 Å². The summed E-state index contributed by atoms with van der Waals surface area (Å²) in [5, 5.41) is 0. The molecule has 0 saturated carbocycles. The Labute approximate surface area is 126 Å². The van der Waals surface area contributed by atoms with Crippen molar-refractivity contribution in [3.05, 3.63) is 29.6 Å². The van der Waals surface area contributed by atoms with Crippen LogP contribution in [0.15, 0.2) is 23.1 Å². The first kappa shape index (κ1) is 19.3. The van der Waals surface area contributed by atoms with E-state index in [0.717, 1.165) is 6.07 Å². The molecule has 3 N–H and O–H groups in total. The van der Waals surface area contributed by atoms with Crippen LogP contribution in [-0.4, -0.2) is 20.5 Å². The van der Waals surface area contributed by atoms with Crippen molar-refractivity contribution in [3.63, 3.8) is 0 Å². The summed E-state index contributed by atoms with van der Waals surface area (Å²) in [6.45, 7) is 5.53. The third kappa shape index (κ3) is 4.70. The van der Waals surface area contributed by atoms with Crippen LogP contribution in [0.4, 0.5) is 4.39 Å². The minimum Gasteiger partial charge on any atom is -0.324 e. The van der Waals surface area contributed by atoms with E-state index in [9.17, 15) is 12.8 Å². The maximum atomic E-state index is 13.1. The van der Waals surface area contributed by atoms with Gasteiger partial charge >= 0.3 is 0 Å². The molecule has 7 heteroatoms. The molecule has 116 valence electrons. The van der Waals surface area contributed by atoms with Crippen molar-refractivity contribution in [2.75, 3.05) is 6.54 Å². The van der Waals surface area contributed by atoms with Crippen LogP contribution in [0, 0.1) is 12.7 Å². The van der Waals surface area contributed by atoms with Crippen LogP contribution in [0.5, 0.6) is 0 Å². The minimum atomic E-state index is -3.65. The molecule has 1 rings (SSSR count). The molecule has 1 aromatic carbocycles. The van der Waals surface area contributed by atoms with Gasteiger partial charge in [-0.3, -0.25) is 0 Å². The molecule has 0 amide bonds. The summed E-state index contributed by atoms with van der Waals surface area (Å²) in [7, 11) is -3.65. The lowest BCUT2D eigenvalue weighted by molar-refractivity contribution is 0.391. The molecule has 0 spiro atoms. The van der Waals surface area contributed by atoms with Gasteiger partial charge in [-0.05, 0) is 43.5 Å². The number of halogens is 2. The highest BCUT2D eigenvalue weighted by Gasteiger charge is 2.24. The van der Waals surface area contributed by atoms with Crippen LogP contribution in [-0.2, 0) is 10.0 Å². The fourth-order valence-corrected chi connectivity index (χ4v) is 2.83. The van der Waals surface area contributed by atoms with Gasteiger partial charge in [0.2, 0.25) is 10.0 Å². The van der Waals surface area contributed by atoms with Crippen LogP contribution >= 0.6 is 12.4 Å². The molecule has 0 unspecified atom stereocenters. The number of nitrogens with two attached hydrogens (primary N) is 1. The van der Waals surface area contributed by atoms with Gasteiger partial charge in [-0.25, -0.2) is 17.5 Å². The fourth-order valence-electron chi connectivity index (χ4n) is 1.61. The lowest BCUT2D eigenvalue weighted by Gasteiger charge is -2.26. The van der Waals surface area contributed by atoms with Crippen LogP contribution in [0.2, 0.25) is 0 Å². The van der Waals surface area contributed by atoms with Crippen molar-refractivity contribution < 1.29 is 12.8 Å². The molecule has 0 atom stereocenters. The molecule has 4 nitrogen and oxygen atoms in total. The standard InChI is InChI=1S/C13H21FN2O2S.ClH/c1-4-13(15,5-2)9-16-19(17,18)11-6-7-12(14)10(3)8-11;/h6-8,16H,4-5,9,15H2,1-3H3;1H. The lowest BCUT2D eigenvalue weighted by Crippen LogP contribution is -2.49. The van der Waals surface area contributed by atoms with E-state index in [1.807, 2.05) is 13.8 Å². The summed E-state index contributed by atoms with van der Waals surface area (Å²) in [5.41, 5.74) is 5.79. The smallest absolute Gasteiger partial charge is 0.240 e. The van der Waals surface area contributed by atoms with Crippen LogP contribution in [0.25, 0.3) is 0 Å². The summed E-state index contributed by atoms with van der Waals surface area (Å²) < 4.78 is 39.8. The SMILES string of the molecule is CCC(N)(CC)CNS(=O)(=O)c1ccc(F)c(C)c1.Cl. The molecular formula is C13H22ClFN2O2S. The number of benzene rings is 1. The van der Waals surface area contributed by atoms with Gasteiger partial charge in [0.05, 0.1) is 4.90 Å². The normalized spacial score (nSPS) is 12.1. The third-order valence-electron chi connectivity index (χ3n) is 3.46. The molecule has 0 saturated heterocycles. The average Bonchev–Trinajstić information content (AvgIpc) is 2.39. The van der Waals surface area contributed by atoms with E-state index in [4.69, 9.17) is 5.73 Å². The molecule has 0 aliphatic carbocycles. The predicted octanol–water partition coefficient (Wildman–Crippen LogP) is 2.35. The van der Waals surface area contributed by atoms with Crippen molar-refractivity contribution in [1.82, 2.24) is 4.72 Å². The van der Waals surface area contributed by atoms with Crippen LogP contribution in [0.3, 0.4) is 0 Å². The van der Waals surface area contributed by atoms with Crippen molar-refractivity contribution in [1.29, 1.82) is 0 Å². The summed E-state index contributed by atoms with van der Waals surface area (Å²) >= 11 is 0. The lowest BCUT2D eigenvalue weighted by atomic mass is 9.95. The number of hydrogen-bond donors (Lipinski definition) is 2. The van der Waals surface area contributed by atoms with Crippen LogP contribution in [0.1, 0.15) is 32.3 Å². The summed E-state index contributed by atoms with van der Waals surface area (Å²) in [5.74, 6) is -0.422. The molecule has 0 aromatic heterocycles. The number of hydrogen-bond acceptors (Lipinski definition) is 3. The topological polar surface area (TPSA) is 72.2 Å². The Balaban J connectivity index is 0.00000361. The molecule has 0 aliphatic heterocycles. The Morgan fingerprint density at radius 2 is 1.85 bits per heavy atom. The van der Waals surface area contributed by atoms with E-state index in [0.29, 0.717) is 18.4 Å². The Bertz CT molecular complexity index is 545. The Morgan fingerprint density at radius 3 is 2.30 bits per heavy atom. The van der Waals surface area contributed by atoms with Gasteiger partial charge < -0.3 is 5.73 Å². The molecule has 0 heterocycles.